The van der Waals surface area contributed by atoms with Crippen molar-refractivity contribution in [2.45, 2.75) is 130 Å². The summed E-state index contributed by atoms with van der Waals surface area (Å²) in [6.07, 6.45) is 8.63. The van der Waals surface area contributed by atoms with E-state index < -0.39 is 29.4 Å². The predicted octanol–water partition coefficient (Wildman–Crippen LogP) is 8.12. The average molecular weight is 602 g/mol. The summed E-state index contributed by atoms with van der Waals surface area (Å²) in [7, 11) is 0. The van der Waals surface area contributed by atoms with Gasteiger partial charge in [-0.25, -0.2) is 14.0 Å². The Hall–Kier alpha value is -3.50. The van der Waals surface area contributed by atoms with Crippen LogP contribution in [-0.2, 0) is 15.9 Å². The molecule has 2 heterocycles. The molecule has 1 fully saturated rings. The molecule has 3 rings (SSSR count). The van der Waals surface area contributed by atoms with Crippen LogP contribution in [0, 0.1) is 5.82 Å². The predicted molar refractivity (Wildman–Crippen MR) is 163 cm³/mol. The molecule has 0 spiro atoms. The number of aromatic nitrogens is 2. The van der Waals surface area contributed by atoms with Gasteiger partial charge in [0.25, 0.3) is 0 Å². The number of nitrogens with one attached hydrogen (secondary N) is 1. The van der Waals surface area contributed by atoms with E-state index in [1.54, 1.807) is 58.6 Å². The van der Waals surface area contributed by atoms with Gasteiger partial charge < -0.3 is 18.9 Å². The van der Waals surface area contributed by atoms with Gasteiger partial charge in [0.1, 0.15) is 23.1 Å². The van der Waals surface area contributed by atoms with E-state index in [1.165, 1.54) is 38.2 Å². The number of ether oxygens (including phenoxy) is 2. The number of benzene rings is 1. The molecular formula is C32H48FN5O5. The highest BCUT2D eigenvalue weighted by Gasteiger charge is 2.35. The highest BCUT2D eigenvalue weighted by atomic mass is 19.1. The molecule has 0 bridgehead atoms. The van der Waals surface area contributed by atoms with Gasteiger partial charge in [0.2, 0.25) is 17.7 Å². The van der Waals surface area contributed by atoms with E-state index in [2.05, 4.69) is 27.4 Å². The number of hydrogen-bond acceptors (Lipinski definition) is 7. The number of nitrogens with zero attached hydrogens (tertiary/aromatic N) is 4. The summed E-state index contributed by atoms with van der Waals surface area (Å²) in [5.74, 6) is 0.203. The molecule has 11 heteroatoms. The second kappa shape index (κ2) is 15.3. The number of aryl methyl sites for hydroxylation is 1. The number of amides is 2. The number of alkyl carbamates (subject to hydrolysis) is 1. The lowest BCUT2D eigenvalue weighted by Gasteiger charge is -2.27. The van der Waals surface area contributed by atoms with E-state index in [0.717, 1.165) is 12.8 Å². The molecule has 43 heavy (non-hydrogen) atoms. The maximum absolute atomic E-state index is 15.0. The third kappa shape index (κ3) is 11.3. The maximum Gasteiger partial charge on any atom is 0.437 e. The third-order valence-electron chi connectivity index (χ3n) is 6.82. The zero-order valence-electron chi connectivity index (χ0n) is 26.8. The van der Waals surface area contributed by atoms with Crippen LogP contribution in [0.5, 0.6) is 0 Å². The van der Waals surface area contributed by atoms with Crippen LogP contribution >= 0.6 is 0 Å². The quantitative estimate of drug-likeness (QED) is 0.165. The van der Waals surface area contributed by atoms with Crippen molar-refractivity contribution in [3.63, 3.8) is 0 Å². The minimum absolute atomic E-state index is 0.0356. The first kappa shape index (κ1) is 34.0. The van der Waals surface area contributed by atoms with Crippen molar-refractivity contribution in [3.8, 4) is 11.4 Å². The zero-order valence-corrected chi connectivity index (χ0v) is 26.8. The lowest BCUT2D eigenvalue weighted by molar-refractivity contribution is 0.0553. The third-order valence-corrected chi connectivity index (χ3v) is 6.82. The SMILES string of the molecule is CCCCCCCCCc1ccc(-c2noc([C@@H]3CCCN3/C(=N\C(=O)OC(C)(C)C)NC(=O)OC(C)(C)C)n2)cc1F. The maximum atomic E-state index is 15.0. The molecule has 10 nitrogen and oxygen atoms in total. The Labute approximate surface area is 254 Å². The number of hydrogen-bond donors (Lipinski definition) is 1. The molecule has 2 amide bonds. The Bertz CT molecular complexity index is 1250. The highest BCUT2D eigenvalue weighted by Crippen LogP contribution is 2.32. The van der Waals surface area contributed by atoms with Crippen LogP contribution < -0.4 is 5.32 Å². The minimum Gasteiger partial charge on any atom is -0.444 e. The lowest BCUT2D eigenvalue weighted by Crippen LogP contribution is -2.46. The summed E-state index contributed by atoms with van der Waals surface area (Å²) < 4.78 is 31.3. The van der Waals surface area contributed by atoms with Gasteiger partial charge >= 0.3 is 12.2 Å². The summed E-state index contributed by atoms with van der Waals surface area (Å²) in [6.45, 7) is 13.1. The fourth-order valence-electron chi connectivity index (χ4n) is 4.86. The van der Waals surface area contributed by atoms with Crippen LogP contribution in [0.4, 0.5) is 14.0 Å². The molecule has 0 unspecified atom stereocenters. The average Bonchev–Trinajstić information content (AvgIpc) is 3.56. The molecule has 1 saturated heterocycles. The monoisotopic (exact) mass is 601 g/mol. The van der Waals surface area contributed by atoms with Crippen LogP contribution in [0.1, 0.15) is 124 Å². The molecular weight excluding hydrogens is 553 g/mol. The molecule has 1 atom stereocenters. The number of likely N-dealkylation sites (tertiary alicyclic amines) is 1. The zero-order chi connectivity index (χ0) is 31.6. The molecule has 2 aromatic rings. The van der Waals surface area contributed by atoms with Crippen molar-refractivity contribution in [1.82, 2.24) is 20.4 Å². The summed E-state index contributed by atoms with van der Waals surface area (Å²) in [4.78, 5) is 35.6. The van der Waals surface area contributed by atoms with E-state index in [4.69, 9.17) is 14.0 Å². The van der Waals surface area contributed by atoms with Crippen molar-refractivity contribution < 1.29 is 28.0 Å². The molecule has 1 aliphatic heterocycles. The summed E-state index contributed by atoms with van der Waals surface area (Å²) in [5.41, 5.74) is -0.344. The van der Waals surface area contributed by atoms with Gasteiger partial charge in [-0.05, 0) is 78.9 Å². The van der Waals surface area contributed by atoms with Crippen molar-refractivity contribution in [2.75, 3.05) is 6.54 Å². The van der Waals surface area contributed by atoms with Crippen LogP contribution in [0.15, 0.2) is 27.7 Å². The highest BCUT2D eigenvalue weighted by molar-refractivity contribution is 5.99. The van der Waals surface area contributed by atoms with Crippen LogP contribution in [-0.4, -0.2) is 50.9 Å². The molecule has 1 aromatic heterocycles. The fraction of sp³-hybridized carbons (Fsp3) is 0.656. The standard InChI is InChI=1S/C32H48FN5O5/c1-8-9-10-11-12-13-14-16-22-18-19-23(21-24(22)33)26-34-27(43-37-26)25-17-15-20-38(25)28(35-29(39)41-31(2,3)4)36-30(40)42-32(5,6)7/h18-19,21,25H,8-17,20H2,1-7H3,(H,35,36,39,40)/t25-/m0/s1. The summed E-state index contributed by atoms with van der Waals surface area (Å²) in [6, 6.07) is 4.56. The number of halogens is 1. The normalized spacial score (nSPS) is 16.0. The van der Waals surface area contributed by atoms with Gasteiger partial charge in [0, 0.05) is 12.1 Å². The fourth-order valence-corrected chi connectivity index (χ4v) is 4.86. The van der Waals surface area contributed by atoms with Gasteiger partial charge in [0.05, 0.1) is 0 Å². The first-order chi connectivity index (χ1) is 20.3. The van der Waals surface area contributed by atoms with Gasteiger partial charge in [-0.2, -0.15) is 4.98 Å². The Morgan fingerprint density at radius 2 is 1.72 bits per heavy atom. The number of guanidine groups is 1. The largest absolute Gasteiger partial charge is 0.444 e. The van der Waals surface area contributed by atoms with E-state index in [0.29, 0.717) is 36.9 Å². The Morgan fingerprint density at radius 3 is 2.37 bits per heavy atom. The van der Waals surface area contributed by atoms with E-state index in [9.17, 15) is 14.0 Å². The number of carbonyl (C=O) groups is 2. The molecule has 0 radical (unpaired) electrons. The Morgan fingerprint density at radius 1 is 1.05 bits per heavy atom. The van der Waals surface area contributed by atoms with Crippen molar-refractivity contribution in [3.05, 3.63) is 35.5 Å². The van der Waals surface area contributed by atoms with E-state index in [1.807, 2.05) is 0 Å². The van der Waals surface area contributed by atoms with Gasteiger partial charge in [-0.15, -0.1) is 4.99 Å². The smallest absolute Gasteiger partial charge is 0.437 e. The van der Waals surface area contributed by atoms with Crippen LogP contribution in [0.3, 0.4) is 0 Å². The second-order valence-corrected chi connectivity index (χ2v) is 13.0. The Balaban J connectivity index is 1.73. The first-order valence-electron chi connectivity index (χ1n) is 15.5. The lowest BCUT2D eigenvalue weighted by atomic mass is 10.0. The summed E-state index contributed by atoms with van der Waals surface area (Å²) >= 11 is 0. The van der Waals surface area contributed by atoms with Crippen LogP contribution in [0.2, 0.25) is 0 Å². The topological polar surface area (TPSA) is 119 Å². The van der Waals surface area contributed by atoms with Crippen molar-refractivity contribution in [2.24, 2.45) is 4.99 Å². The molecule has 1 aliphatic rings. The molecule has 0 saturated carbocycles. The van der Waals surface area contributed by atoms with Crippen molar-refractivity contribution in [1.29, 1.82) is 0 Å². The molecule has 238 valence electrons. The first-order valence-corrected chi connectivity index (χ1v) is 15.5. The Kier molecular flexibility index (Phi) is 12.1. The van der Waals surface area contributed by atoms with Gasteiger partial charge in [-0.3, -0.25) is 5.32 Å². The number of unbranched alkanes of at least 4 members (excludes halogenated alkanes) is 6. The molecule has 0 aliphatic carbocycles. The molecule has 1 N–H and O–H groups in total. The number of aliphatic imine (C=N–C) groups is 1. The van der Waals surface area contributed by atoms with Crippen LogP contribution in [0.25, 0.3) is 11.4 Å². The number of carbonyl (C=O) groups excluding carboxylic acids is 2. The van der Waals surface area contributed by atoms with E-state index >= 15 is 0 Å². The number of rotatable bonds is 10. The molecule has 1 aromatic carbocycles. The van der Waals surface area contributed by atoms with E-state index in [-0.39, 0.29) is 23.5 Å². The van der Waals surface area contributed by atoms with Crippen molar-refractivity contribution >= 4 is 18.1 Å². The minimum atomic E-state index is -0.859. The van der Waals surface area contributed by atoms with Gasteiger partial charge in [-0.1, -0.05) is 62.7 Å². The second-order valence-electron chi connectivity index (χ2n) is 13.0. The van der Waals surface area contributed by atoms with Gasteiger partial charge in [0.15, 0.2) is 0 Å². The summed E-state index contributed by atoms with van der Waals surface area (Å²) in [5, 5.41) is 6.69.